The minimum Gasteiger partial charge on any atom is -0.389 e. The number of piperidine rings is 1. The van der Waals surface area contributed by atoms with Crippen LogP contribution < -0.4 is 5.32 Å². The van der Waals surface area contributed by atoms with Crippen molar-refractivity contribution in [3.8, 4) is 0 Å². The van der Waals surface area contributed by atoms with Crippen molar-refractivity contribution in [2.24, 2.45) is 10.9 Å². The number of hydrogen-bond acceptors (Lipinski definition) is 5. The van der Waals surface area contributed by atoms with Crippen molar-refractivity contribution in [1.29, 1.82) is 0 Å². The van der Waals surface area contributed by atoms with Gasteiger partial charge in [-0.05, 0) is 49.1 Å². The molecule has 178 valence electrons. The van der Waals surface area contributed by atoms with E-state index in [1.165, 1.54) is 13.0 Å². The summed E-state index contributed by atoms with van der Waals surface area (Å²) in [5, 5.41) is 13.9. The summed E-state index contributed by atoms with van der Waals surface area (Å²) in [5.74, 6) is -2.20. The van der Waals surface area contributed by atoms with Crippen LogP contribution in [0.3, 0.4) is 0 Å². The SMILES string of the molecule is CC(=O)NC1=CC(C2(O)CCN(Cc3ccc(C(=O)c4ccc(F)c(F)c4)cc3)CC2)CC=N1. The smallest absolute Gasteiger partial charge is 0.222 e. The minimum absolute atomic E-state index is 0.101. The summed E-state index contributed by atoms with van der Waals surface area (Å²) in [7, 11) is 0. The van der Waals surface area contributed by atoms with Gasteiger partial charge in [0, 0.05) is 49.8 Å². The quantitative estimate of drug-likeness (QED) is 0.637. The number of likely N-dealkylation sites (tertiary alicyclic amines) is 1. The van der Waals surface area contributed by atoms with Crippen LogP contribution >= 0.6 is 0 Å². The van der Waals surface area contributed by atoms with Crippen molar-refractivity contribution in [3.63, 3.8) is 0 Å². The first-order valence-electron chi connectivity index (χ1n) is 11.3. The number of ketones is 1. The molecule has 2 aromatic rings. The molecule has 2 aliphatic rings. The molecule has 0 bridgehead atoms. The Morgan fingerprint density at radius 1 is 1.09 bits per heavy atom. The topological polar surface area (TPSA) is 82.0 Å². The summed E-state index contributed by atoms with van der Waals surface area (Å²) in [6.45, 7) is 3.53. The van der Waals surface area contributed by atoms with E-state index in [2.05, 4.69) is 15.2 Å². The Hall–Kier alpha value is -3.23. The van der Waals surface area contributed by atoms with Crippen LogP contribution in [0, 0.1) is 17.6 Å². The first-order chi connectivity index (χ1) is 16.2. The molecule has 1 saturated heterocycles. The van der Waals surface area contributed by atoms with E-state index in [4.69, 9.17) is 0 Å². The number of benzene rings is 2. The third kappa shape index (κ3) is 5.46. The standard InChI is InChI=1S/C26H27F2N3O3/c1-17(32)30-24-15-21(8-11-29-24)26(34)9-12-31(13-10-26)16-18-2-4-19(5-3-18)25(33)20-6-7-22(27)23(28)14-20/h2-7,11,14-15,21,34H,8-10,12-13,16H2,1H3,(H,30,32). The van der Waals surface area contributed by atoms with Gasteiger partial charge in [0.15, 0.2) is 17.4 Å². The highest BCUT2D eigenvalue weighted by Gasteiger charge is 2.39. The van der Waals surface area contributed by atoms with Crippen molar-refractivity contribution in [2.75, 3.05) is 13.1 Å². The third-order valence-corrected chi connectivity index (χ3v) is 6.47. The van der Waals surface area contributed by atoms with Crippen LogP contribution in [0.25, 0.3) is 0 Å². The molecule has 2 heterocycles. The molecule has 0 saturated carbocycles. The summed E-state index contributed by atoms with van der Waals surface area (Å²) < 4.78 is 26.6. The van der Waals surface area contributed by atoms with E-state index >= 15 is 0 Å². The molecule has 0 spiro atoms. The van der Waals surface area contributed by atoms with E-state index in [0.717, 1.165) is 17.7 Å². The van der Waals surface area contributed by atoms with Gasteiger partial charge in [0.05, 0.1) is 5.60 Å². The van der Waals surface area contributed by atoms with Crippen LogP contribution in [-0.4, -0.2) is 46.6 Å². The van der Waals surface area contributed by atoms with E-state index in [-0.39, 0.29) is 23.2 Å². The van der Waals surface area contributed by atoms with Crippen molar-refractivity contribution in [2.45, 2.75) is 38.3 Å². The molecular weight excluding hydrogens is 440 g/mol. The number of carbonyl (C=O) groups excluding carboxylic acids is 2. The Kier molecular flexibility index (Phi) is 7.00. The Balaban J connectivity index is 1.34. The average Bonchev–Trinajstić information content (AvgIpc) is 2.82. The maximum Gasteiger partial charge on any atom is 0.222 e. The van der Waals surface area contributed by atoms with Gasteiger partial charge in [-0.3, -0.25) is 14.5 Å². The van der Waals surface area contributed by atoms with Gasteiger partial charge in [-0.15, -0.1) is 0 Å². The molecule has 34 heavy (non-hydrogen) atoms. The molecule has 1 amide bonds. The lowest BCUT2D eigenvalue weighted by molar-refractivity contribution is -0.118. The monoisotopic (exact) mass is 467 g/mol. The van der Waals surface area contributed by atoms with Crippen LogP contribution in [0.5, 0.6) is 0 Å². The van der Waals surface area contributed by atoms with Crippen LogP contribution in [0.4, 0.5) is 8.78 Å². The lowest BCUT2D eigenvalue weighted by Gasteiger charge is -2.42. The van der Waals surface area contributed by atoms with Crippen molar-refractivity contribution >= 4 is 17.9 Å². The molecule has 0 radical (unpaired) electrons. The molecule has 1 atom stereocenters. The summed E-state index contributed by atoms with van der Waals surface area (Å²) in [6.07, 6.45) is 5.42. The van der Waals surface area contributed by atoms with Gasteiger partial charge >= 0.3 is 0 Å². The Morgan fingerprint density at radius 3 is 2.41 bits per heavy atom. The molecule has 2 aromatic carbocycles. The molecule has 8 heteroatoms. The highest BCUT2D eigenvalue weighted by molar-refractivity contribution is 6.08. The number of halogens is 2. The van der Waals surface area contributed by atoms with Gasteiger partial charge in [0.25, 0.3) is 0 Å². The molecule has 2 N–H and O–H groups in total. The van der Waals surface area contributed by atoms with E-state index in [0.29, 0.717) is 50.3 Å². The number of hydrogen-bond donors (Lipinski definition) is 2. The average molecular weight is 468 g/mol. The molecule has 0 aromatic heterocycles. The molecule has 0 aliphatic carbocycles. The fourth-order valence-corrected chi connectivity index (χ4v) is 4.49. The number of aliphatic imine (C=N–C) groups is 1. The first kappa shape index (κ1) is 23.9. The van der Waals surface area contributed by atoms with E-state index < -0.39 is 17.2 Å². The summed E-state index contributed by atoms with van der Waals surface area (Å²) in [6, 6.07) is 10.2. The maximum atomic E-state index is 13.4. The first-order valence-corrected chi connectivity index (χ1v) is 11.3. The number of nitrogens with one attached hydrogen (secondary N) is 1. The minimum atomic E-state index is -1.05. The van der Waals surface area contributed by atoms with Gasteiger partial charge in [0.1, 0.15) is 5.82 Å². The van der Waals surface area contributed by atoms with E-state index in [9.17, 15) is 23.5 Å². The van der Waals surface area contributed by atoms with Crippen molar-refractivity contribution < 1.29 is 23.5 Å². The fourth-order valence-electron chi connectivity index (χ4n) is 4.49. The number of carbonyl (C=O) groups is 2. The van der Waals surface area contributed by atoms with E-state index in [1.807, 2.05) is 18.2 Å². The largest absolute Gasteiger partial charge is 0.389 e. The summed E-state index contributed by atoms with van der Waals surface area (Å²) >= 11 is 0. The lowest BCUT2D eigenvalue weighted by Crippen LogP contribution is -2.48. The lowest BCUT2D eigenvalue weighted by atomic mass is 9.77. The molecular formula is C26H27F2N3O3. The number of rotatable bonds is 6. The second kappa shape index (κ2) is 9.95. The van der Waals surface area contributed by atoms with E-state index in [1.54, 1.807) is 18.3 Å². The number of amides is 1. The predicted octanol–water partition coefficient (Wildman–Crippen LogP) is 3.59. The fraction of sp³-hybridized carbons (Fsp3) is 0.346. The predicted molar refractivity (Wildman–Crippen MR) is 124 cm³/mol. The van der Waals surface area contributed by atoms with Gasteiger partial charge in [-0.1, -0.05) is 24.3 Å². The molecule has 4 rings (SSSR count). The number of nitrogens with zero attached hydrogens (tertiary/aromatic N) is 2. The van der Waals surface area contributed by atoms with Gasteiger partial charge in [-0.25, -0.2) is 13.8 Å². The zero-order valence-electron chi connectivity index (χ0n) is 18.9. The van der Waals surface area contributed by atoms with Crippen LogP contribution in [0.15, 0.2) is 59.4 Å². The highest BCUT2D eigenvalue weighted by Crippen LogP contribution is 2.35. The maximum absolute atomic E-state index is 13.4. The van der Waals surface area contributed by atoms with Crippen LogP contribution in [-0.2, 0) is 11.3 Å². The molecule has 1 unspecified atom stereocenters. The highest BCUT2D eigenvalue weighted by atomic mass is 19.2. The van der Waals surface area contributed by atoms with Crippen LogP contribution in [0.1, 0.15) is 47.7 Å². The zero-order valence-corrected chi connectivity index (χ0v) is 18.9. The van der Waals surface area contributed by atoms with Crippen molar-refractivity contribution in [1.82, 2.24) is 10.2 Å². The number of aliphatic hydroxyl groups is 1. The molecule has 1 fully saturated rings. The van der Waals surface area contributed by atoms with Gasteiger partial charge < -0.3 is 10.4 Å². The zero-order chi connectivity index (χ0) is 24.3. The second-order valence-corrected chi connectivity index (χ2v) is 8.92. The molecule has 2 aliphatic heterocycles. The van der Waals surface area contributed by atoms with Crippen LogP contribution in [0.2, 0.25) is 0 Å². The van der Waals surface area contributed by atoms with Crippen molar-refractivity contribution in [3.05, 3.63) is 82.7 Å². The van der Waals surface area contributed by atoms with Gasteiger partial charge in [0.2, 0.25) is 5.91 Å². The normalized spacial score (nSPS) is 20.0. The third-order valence-electron chi connectivity index (χ3n) is 6.47. The summed E-state index contributed by atoms with van der Waals surface area (Å²) in [4.78, 5) is 30.3. The Labute approximate surface area is 197 Å². The Morgan fingerprint density at radius 2 is 1.76 bits per heavy atom. The molecule has 6 nitrogen and oxygen atoms in total. The van der Waals surface area contributed by atoms with Gasteiger partial charge in [-0.2, -0.15) is 0 Å². The Bertz CT molecular complexity index is 1140. The second-order valence-electron chi connectivity index (χ2n) is 8.92. The summed E-state index contributed by atoms with van der Waals surface area (Å²) in [5.41, 5.74) is 0.673.